The molecular weight excluding hydrogens is 352 g/mol. The van der Waals surface area contributed by atoms with Gasteiger partial charge in [-0.25, -0.2) is 0 Å². The Kier molecular flexibility index (Phi) is 5.39. The summed E-state index contributed by atoms with van der Waals surface area (Å²) in [7, 11) is 1.57. The lowest BCUT2D eigenvalue weighted by atomic mass is 10.2. The van der Waals surface area contributed by atoms with Crippen molar-refractivity contribution in [3.8, 4) is 5.75 Å². The third-order valence-corrected chi connectivity index (χ3v) is 4.09. The smallest absolute Gasteiger partial charge is 0.263 e. The minimum Gasteiger partial charge on any atom is -0.497 e. The highest BCUT2D eigenvalue weighted by atomic mass is 35.5. The lowest BCUT2D eigenvalue weighted by Gasteiger charge is -2.09. The van der Waals surface area contributed by atoms with Crippen LogP contribution in [0.1, 0.15) is 15.9 Å². The molecule has 1 amide bonds. The van der Waals surface area contributed by atoms with Gasteiger partial charge in [-0.05, 0) is 54.1 Å². The van der Waals surface area contributed by atoms with Crippen molar-refractivity contribution in [1.82, 2.24) is 4.57 Å². The van der Waals surface area contributed by atoms with Crippen LogP contribution in [0.2, 0.25) is 5.02 Å². The van der Waals surface area contributed by atoms with Crippen molar-refractivity contribution in [1.29, 1.82) is 0 Å². The Labute approximate surface area is 155 Å². The Morgan fingerprint density at radius 2 is 1.88 bits per heavy atom. The number of amides is 1. The SMILES string of the molecule is COc1ccc(NC(=O)c2cccn(Cc3cccc(Cl)c3)c2=O)cc1. The maximum Gasteiger partial charge on any atom is 0.263 e. The Bertz CT molecular complexity index is 981. The van der Waals surface area contributed by atoms with E-state index in [4.69, 9.17) is 16.3 Å². The molecule has 0 aliphatic rings. The second-order valence-corrected chi connectivity index (χ2v) is 6.10. The fourth-order valence-electron chi connectivity index (χ4n) is 2.54. The lowest BCUT2D eigenvalue weighted by Crippen LogP contribution is -2.29. The second kappa shape index (κ2) is 7.89. The van der Waals surface area contributed by atoms with Crippen molar-refractivity contribution < 1.29 is 9.53 Å². The Morgan fingerprint density at radius 3 is 2.58 bits per heavy atom. The number of aromatic nitrogens is 1. The molecule has 0 atom stereocenters. The van der Waals surface area contributed by atoms with Crippen LogP contribution in [0.5, 0.6) is 5.75 Å². The topological polar surface area (TPSA) is 60.3 Å². The maximum atomic E-state index is 12.6. The average Bonchev–Trinajstić information content (AvgIpc) is 2.64. The van der Waals surface area contributed by atoms with Crippen LogP contribution >= 0.6 is 11.6 Å². The van der Waals surface area contributed by atoms with E-state index in [1.807, 2.05) is 12.1 Å². The van der Waals surface area contributed by atoms with Crippen molar-refractivity contribution in [2.75, 3.05) is 12.4 Å². The molecule has 132 valence electrons. The molecule has 1 aromatic heterocycles. The molecule has 0 saturated heterocycles. The molecular formula is C20H17ClN2O3. The number of carbonyl (C=O) groups is 1. The number of anilines is 1. The summed E-state index contributed by atoms with van der Waals surface area (Å²) in [6.45, 7) is 0.336. The van der Waals surface area contributed by atoms with E-state index in [1.54, 1.807) is 55.8 Å². The van der Waals surface area contributed by atoms with Crippen LogP contribution in [0, 0.1) is 0 Å². The highest BCUT2D eigenvalue weighted by molar-refractivity contribution is 6.30. The van der Waals surface area contributed by atoms with Crippen LogP contribution in [-0.2, 0) is 6.54 Å². The summed E-state index contributed by atoms with van der Waals surface area (Å²) in [5.74, 6) is 0.229. The van der Waals surface area contributed by atoms with Gasteiger partial charge in [0.1, 0.15) is 11.3 Å². The number of carbonyl (C=O) groups excluding carboxylic acids is 1. The monoisotopic (exact) mass is 368 g/mol. The number of halogens is 1. The van der Waals surface area contributed by atoms with Gasteiger partial charge in [0.15, 0.2) is 0 Å². The summed E-state index contributed by atoms with van der Waals surface area (Å²) < 4.78 is 6.56. The van der Waals surface area contributed by atoms with Gasteiger partial charge in [0, 0.05) is 16.9 Å². The molecule has 3 aromatic rings. The highest BCUT2D eigenvalue weighted by Gasteiger charge is 2.13. The average molecular weight is 369 g/mol. The van der Waals surface area contributed by atoms with Crippen molar-refractivity contribution >= 4 is 23.2 Å². The number of nitrogens with zero attached hydrogens (tertiary/aromatic N) is 1. The first-order valence-corrected chi connectivity index (χ1v) is 8.34. The predicted molar refractivity (Wildman–Crippen MR) is 102 cm³/mol. The van der Waals surface area contributed by atoms with Crippen LogP contribution in [0.25, 0.3) is 0 Å². The van der Waals surface area contributed by atoms with Gasteiger partial charge in [-0.2, -0.15) is 0 Å². The zero-order chi connectivity index (χ0) is 18.5. The standard InChI is InChI=1S/C20H17ClN2O3/c1-26-17-9-7-16(8-10-17)22-19(24)18-6-3-11-23(20(18)25)13-14-4-2-5-15(21)12-14/h2-12H,13H2,1H3,(H,22,24). The first kappa shape index (κ1) is 17.8. The van der Waals surface area contributed by atoms with Crippen LogP contribution in [-0.4, -0.2) is 17.6 Å². The maximum absolute atomic E-state index is 12.6. The first-order chi connectivity index (χ1) is 12.6. The molecule has 0 unspecified atom stereocenters. The van der Waals surface area contributed by atoms with Gasteiger partial charge < -0.3 is 14.6 Å². The molecule has 1 N–H and O–H groups in total. The Hall–Kier alpha value is -3.05. The molecule has 0 spiro atoms. The van der Waals surface area contributed by atoms with Crippen LogP contribution < -0.4 is 15.6 Å². The summed E-state index contributed by atoms with van der Waals surface area (Å²) in [5.41, 5.74) is 1.18. The highest BCUT2D eigenvalue weighted by Crippen LogP contribution is 2.15. The molecule has 6 heteroatoms. The molecule has 0 radical (unpaired) electrons. The van der Waals surface area contributed by atoms with Gasteiger partial charge in [0.25, 0.3) is 11.5 Å². The van der Waals surface area contributed by atoms with Crippen molar-refractivity contribution in [2.24, 2.45) is 0 Å². The minimum atomic E-state index is -0.458. The van der Waals surface area contributed by atoms with Gasteiger partial charge >= 0.3 is 0 Å². The Morgan fingerprint density at radius 1 is 1.12 bits per heavy atom. The van der Waals surface area contributed by atoms with Crippen molar-refractivity contribution in [3.63, 3.8) is 0 Å². The summed E-state index contributed by atoms with van der Waals surface area (Å²) in [6, 6.07) is 17.3. The fourth-order valence-corrected chi connectivity index (χ4v) is 2.75. The zero-order valence-corrected chi connectivity index (χ0v) is 14.9. The molecule has 0 bridgehead atoms. The number of nitrogens with one attached hydrogen (secondary N) is 1. The summed E-state index contributed by atoms with van der Waals surface area (Å²) in [4.78, 5) is 25.1. The van der Waals surface area contributed by atoms with E-state index in [0.29, 0.717) is 23.0 Å². The molecule has 3 rings (SSSR count). The van der Waals surface area contributed by atoms with Gasteiger partial charge in [0.05, 0.1) is 13.7 Å². The number of methoxy groups -OCH3 is 1. The van der Waals surface area contributed by atoms with E-state index in [2.05, 4.69) is 5.32 Å². The number of benzene rings is 2. The molecule has 1 heterocycles. The fraction of sp³-hybridized carbons (Fsp3) is 0.100. The molecule has 26 heavy (non-hydrogen) atoms. The van der Waals surface area contributed by atoms with E-state index in [0.717, 1.165) is 5.56 Å². The predicted octanol–water partition coefficient (Wildman–Crippen LogP) is 3.81. The van der Waals surface area contributed by atoms with Gasteiger partial charge in [-0.15, -0.1) is 0 Å². The van der Waals surface area contributed by atoms with Crippen LogP contribution in [0.3, 0.4) is 0 Å². The third kappa shape index (κ3) is 4.13. The second-order valence-electron chi connectivity index (χ2n) is 5.67. The van der Waals surface area contributed by atoms with E-state index < -0.39 is 5.91 Å². The molecule has 0 aliphatic carbocycles. The van der Waals surface area contributed by atoms with Gasteiger partial charge in [-0.3, -0.25) is 9.59 Å². The van der Waals surface area contributed by atoms with Crippen LogP contribution in [0.4, 0.5) is 5.69 Å². The van der Waals surface area contributed by atoms with Gasteiger partial charge in [-0.1, -0.05) is 23.7 Å². The molecule has 0 aliphatic heterocycles. The first-order valence-electron chi connectivity index (χ1n) is 7.96. The Balaban J connectivity index is 1.81. The van der Waals surface area contributed by atoms with Crippen molar-refractivity contribution in [2.45, 2.75) is 6.54 Å². The van der Waals surface area contributed by atoms with Gasteiger partial charge in [0.2, 0.25) is 0 Å². The lowest BCUT2D eigenvalue weighted by molar-refractivity contribution is 0.102. The molecule has 0 fully saturated rings. The summed E-state index contributed by atoms with van der Waals surface area (Å²) >= 11 is 5.98. The molecule has 5 nitrogen and oxygen atoms in total. The summed E-state index contributed by atoms with van der Waals surface area (Å²) in [6.07, 6.45) is 1.65. The number of rotatable bonds is 5. The van der Waals surface area contributed by atoms with Crippen molar-refractivity contribution in [3.05, 3.63) is 93.4 Å². The summed E-state index contributed by atoms with van der Waals surface area (Å²) in [5, 5.41) is 3.32. The molecule has 2 aromatic carbocycles. The number of ether oxygens (including phenoxy) is 1. The zero-order valence-electron chi connectivity index (χ0n) is 14.1. The normalized spacial score (nSPS) is 10.4. The van der Waals surface area contributed by atoms with E-state index in [9.17, 15) is 9.59 Å². The van der Waals surface area contributed by atoms with Crippen LogP contribution in [0.15, 0.2) is 71.7 Å². The van der Waals surface area contributed by atoms with E-state index in [1.165, 1.54) is 10.6 Å². The number of hydrogen-bond donors (Lipinski definition) is 1. The minimum absolute atomic E-state index is 0.0744. The van der Waals surface area contributed by atoms with E-state index in [-0.39, 0.29) is 11.1 Å². The molecule has 0 saturated carbocycles. The van der Waals surface area contributed by atoms with E-state index >= 15 is 0 Å². The quantitative estimate of drug-likeness (QED) is 0.745. The largest absolute Gasteiger partial charge is 0.497 e. The third-order valence-electron chi connectivity index (χ3n) is 3.85. The number of hydrogen-bond acceptors (Lipinski definition) is 3. The number of pyridine rings is 1.